The average molecular weight is 307 g/mol. The molecule has 0 saturated heterocycles. The summed E-state index contributed by atoms with van der Waals surface area (Å²) in [6.07, 6.45) is 0. The molecule has 1 rings (SSSR count). The maximum Gasteiger partial charge on any atom is 0.308 e. The number of anilines is 1. The number of carbonyl (C=O) groups excluding carboxylic acids is 2. The molecular formula is C17H25NO4. The molecule has 0 spiro atoms. The van der Waals surface area contributed by atoms with Crippen LogP contribution in [-0.2, 0) is 32.3 Å². The number of ether oxygens (including phenoxy) is 2. The van der Waals surface area contributed by atoms with Crippen molar-refractivity contribution in [3.8, 4) is 0 Å². The molecule has 0 heterocycles. The summed E-state index contributed by atoms with van der Waals surface area (Å²) >= 11 is 0. The lowest BCUT2D eigenvalue weighted by atomic mass is 10.1. The van der Waals surface area contributed by atoms with Gasteiger partial charge in [-0.3, -0.25) is 9.59 Å². The molecule has 5 nitrogen and oxygen atoms in total. The number of rotatable bonds is 7. The summed E-state index contributed by atoms with van der Waals surface area (Å²) in [7, 11) is 0. The molecule has 5 heteroatoms. The number of benzene rings is 1. The van der Waals surface area contributed by atoms with E-state index in [1.165, 1.54) is 6.92 Å². The van der Waals surface area contributed by atoms with E-state index in [-0.39, 0.29) is 37.1 Å². The Balaban J connectivity index is 2.88. The van der Waals surface area contributed by atoms with Gasteiger partial charge in [-0.05, 0) is 31.5 Å². The van der Waals surface area contributed by atoms with Crippen LogP contribution < -0.4 is 5.32 Å². The van der Waals surface area contributed by atoms with Crippen molar-refractivity contribution in [2.45, 2.75) is 53.9 Å². The molecule has 22 heavy (non-hydrogen) atoms. The highest BCUT2D eigenvalue weighted by molar-refractivity contribution is 5.71. The predicted molar refractivity (Wildman–Crippen MR) is 85.3 cm³/mol. The van der Waals surface area contributed by atoms with Crippen LogP contribution in [0.2, 0.25) is 0 Å². The van der Waals surface area contributed by atoms with Crippen molar-refractivity contribution in [3.63, 3.8) is 0 Å². The lowest BCUT2D eigenvalue weighted by Gasteiger charge is -2.17. The van der Waals surface area contributed by atoms with E-state index in [2.05, 4.69) is 5.32 Å². The minimum absolute atomic E-state index is 0.161. The van der Waals surface area contributed by atoms with Gasteiger partial charge in [0.2, 0.25) is 0 Å². The maximum absolute atomic E-state index is 11.6. The fraction of sp³-hybridized carbons (Fsp3) is 0.529. The number of esters is 2. The maximum atomic E-state index is 11.6. The quantitative estimate of drug-likeness (QED) is 0.783. The summed E-state index contributed by atoms with van der Waals surface area (Å²) < 4.78 is 10.3. The summed E-state index contributed by atoms with van der Waals surface area (Å²) in [4.78, 5) is 22.5. The molecule has 0 aliphatic heterocycles. The zero-order chi connectivity index (χ0) is 16.7. The first kappa shape index (κ1) is 18.0. The van der Waals surface area contributed by atoms with Crippen LogP contribution >= 0.6 is 0 Å². The Morgan fingerprint density at radius 3 is 2.32 bits per heavy atom. The molecule has 0 atom stereocenters. The van der Waals surface area contributed by atoms with E-state index in [9.17, 15) is 9.59 Å². The number of nitrogens with one attached hydrogen (secondary N) is 1. The van der Waals surface area contributed by atoms with Crippen molar-refractivity contribution in [1.82, 2.24) is 0 Å². The molecule has 0 aliphatic rings. The van der Waals surface area contributed by atoms with Crippen LogP contribution in [-0.4, -0.2) is 18.0 Å². The van der Waals surface area contributed by atoms with Crippen molar-refractivity contribution in [2.75, 3.05) is 5.32 Å². The molecule has 0 radical (unpaired) electrons. The van der Waals surface area contributed by atoms with E-state index >= 15 is 0 Å². The van der Waals surface area contributed by atoms with Crippen molar-refractivity contribution in [1.29, 1.82) is 0 Å². The van der Waals surface area contributed by atoms with Crippen LogP contribution in [0.1, 0.15) is 45.7 Å². The van der Waals surface area contributed by atoms with Gasteiger partial charge in [-0.2, -0.15) is 0 Å². The van der Waals surface area contributed by atoms with Gasteiger partial charge in [0.1, 0.15) is 13.2 Å². The van der Waals surface area contributed by atoms with Crippen LogP contribution in [0.5, 0.6) is 0 Å². The molecular weight excluding hydrogens is 282 g/mol. The third-order valence-electron chi connectivity index (χ3n) is 2.90. The summed E-state index contributed by atoms with van der Waals surface area (Å²) in [5.74, 6) is -0.719. The third kappa shape index (κ3) is 6.16. The second kappa shape index (κ2) is 8.41. The molecule has 1 N–H and O–H groups in total. The Kier molecular flexibility index (Phi) is 6.89. The van der Waals surface area contributed by atoms with Gasteiger partial charge in [0, 0.05) is 24.2 Å². The van der Waals surface area contributed by atoms with Crippen molar-refractivity contribution in [3.05, 3.63) is 29.3 Å². The molecule has 122 valence electrons. The van der Waals surface area contributed by atoms with E-state index in [1.54, 1.807) is 13.8 Å². The highest BCUT2D eigenvalue weighted by atomic mass is 16.5. The van der Waals surface area contributed by atoms with Gasteiger partial charge < -0.3 is 14.8 Å². The monoisotopic (exact) mass is 307 g/mol. The Hall–Kier alpha value is -2.04. The number of hydrogen-bond acceptors (Lipinski definition) is 5. The van der Waals surface area contributed by atoms with Crippen LogP contribution in [0, 0.1) is 5.92 Å². The van der Waals surface area contributed by atoms with E-state index < -0.39 is 0 Å². The van der Waals surface area contributed by atoms with Gasteiger partial charge in [0.25, 0.3) is 0 Å². The Labute approximate surface area is 132 Å². The highest BCUT2D eigenvalue weighted by Crippen LogP contribution is 2.21. The molecule has 0 fully saturated rings. The molecule has 0 saturated carbocycles. The Morgan fingerprint density at radius 1 is 1.09 bits per heavy atom. The normalized spacial score (nSPS) is 10.7. The van der Waals surface area contributed by atoms with Crippen molar-refractivity contribution >= 4 is 17.6 Å². The lowest BCUT2D eigenvalue weighted by molar-refractivity contribution is -0.148. The first-order valence-corrected chi connectivity index (χ1v) is 7.48. The van der Waals surface area contributed by atoms with E-state index in [4.69, 9.17) is 9.47 Å². The van der Waals surface area contributed by atoms with E-state index in [0.29, 0.717) is 0 Å². The fourth-order valence-electron chi connectivity index (χ4n) is 1.81. The molecule has 1 aromatic rings. The predicted octanol–water partition coefficient (Wildman–Crippen LogP) is 3.27. The third-order valence-corrected chi connectivity index (χ3v) is 2.90. The smallest absolute Gasteiger partial charge is 0.308 e. The zero-order valence-electron chi connectivity index (χ0n) is 13.9. The molecule has 1 aromatic carbocycles. The first-order chi connectivity index (χ1) is 10.3. The Morgan fingerprint density at radius 2 is 1.77 bits per heavy atom. The summed E-state index contributed by atoms with van der Waals surface area (Å²) in [5, 5.41) is 3.32. The average Bonchev–Trinajstić information content (AvgIpc) is 2.43. The largest absolute Gasteiger partial charge is 0.461 e. The topological polar surface area (TPSA) is 64.6 Å². The fourth-order valence-corrected chi connectivity index (χ4v) is 1.81. The summed E-state index contributed by atoms with van der Waals surface area (Å²) in [6.45, 7) is 9.45. The molecule has 0 unspecified atom stereocenters. The number of carbonyl (C=O) groups is 2. The van der Waals surface area contributed by atoms with Gasteiger partial charge in [-0.15, -0.1) is 0 Å². The van der Waals surface area contributed by atoms with Crippen LogP contribution in [0.4, 0.5) is 5.69 Å². The van der Waals surface area contributed by atoms with Crippen molar-refractivity contribution < 1.29 is 19.1 Å². The molecule has 0 bridgehead atoms. The highest BCUT2D eigenvalue weighted by Gasteiger charge is 2.12. The van der Waals surface area contributed by atoms with Crippen LogP contribution in [0.15, 0.2) is 18.2 Å². The minimum Gasteiger partial charge on any atom is -0.461 e. The summed E-state index contributed by atoms with van der Waals surface area (Å²) in [6, 6.07) is 5.96. The number of hydrogen-bond donors (Lipinski definition) is 1. The van der Waals surface area contributed by atoms with Gasteiger partial charge in [-0.25, -0.2) is 0 Å². The van der Waals surface area contributed by atoms with E-state index in [0.717, 1.165) is 16.8 Å². The standard InChI is InChI=1S/C17H25NO4/c1-11(2)17(20)22-10-15-8-14(9-21-13(5)19)6-7-16(15)18-12(3)4/h6-8,11-12,18H,9-10H2,1-5H3. The first-order valence-electron chi connectivity index (χ1n) is 7.48. The SMILES string of the molecule is CC(=O)OCc1ccc(NC(C)C)c(COC(=O)C(C)C)c1. The second-order valence-corrected chi connectivity index (χ2v) is 5.83. The van der Waals surface area contributed by atoms with Crippen LogP contribution in [0.3, 0.4) is 0 Å². The lowest BCUT2D eigenvalue weighted by Crippen LogP contribution is -2.15. The van der Waals surface area contributed by atoms with E-state index in [1.807, 2.05) is 32.0 Å². The van der Waals surface area contributed by atoms with Crippen LogP contribution in [0.25, 0.3) is 0 Å². The zero-order valence-corrected chi connectivity index (χ0v) is 13.9. The summed E-state index contributed by atoms with van der Waals surface area (Å²) in [5.41, 5.74) is 2.64. The van der Waals surface area contributed by atoms with Gasteiger partial charge in [0.05, 0.1) is 5.92 Å². The van der Waals surface area contributed by atoms with Gasteiger partial charge >= 0.3 is 11.9 Å². The Bertz CT molecular complexity index is 523. The molecule has 0 aliphatic carbocycles. The molecule has 0 aromatic heterocycles. The minimum atomic E-state index is -0.322. The second-order valence-electron chi connectivity index (χ2n) is 5.83. The molecule has 0 amide bonds. The van der Waals surface area contributed by atoms with Crippen molar-refractivity contribution in [2.24, 2.45) is 5.92 Å². The van der Waals surface area contributed by atoms with Gasteiger partial charge in [-0.1, -0.05) is 19.9 Å². The van der Waals surface area contributed by atoms with Gasteiger partial charge in [0.15, 0.2) is 0 Å².